The SMILES string of the molecule is COCc1nn2c(-c3ccc(Cl)cc3)c(-c3ccccc3Cl)cnc2c1C(=O)N[C@@H]1CCS(=O)(=O)C1. The zero-order valence-corrected chi connectivity index (χ0v) is 21.6. The minimum absolute atomic E-state index is 0.0534. The maximum absolute atomic E-state index is 13.4. The van der Waals surface area contributed by atoms with Crippen molar-refractivity contribution in [2.45, 2.75) is 19.1 Å². The van der Waals surface area contributed by atoms with Gasteiger partial charge in [-0.2, -0.15) is 5.10 Å². The topological polar surface area (TPSA) is 103 Å². The molecule has 3 heterocycles. The Hall–Kier alpha value is -2.98. The van der Waals surface area contributed by atoms with Gasteiger partial charge in [-0.15, -0.1) is 0 Å². The van der Waals surface area contributed by atoms with Crippen LogP contribution in [0.1, 0.15) is 22.5 Å². The molecule has 11 heteroatoms. The van der Waals surface area contributed by atoms with Crippen LogP contribution in [0.3, 0.4) is 0 Å². The maximum atomic E-state index is 13.4. The lowest BCUT2D eigenvalue weighted by atomic mass is 10.0. The van der Waals surface area contributed by atoms with Crippen molar-refractivity contribution in [3.05, 3.63) is 76.0 Å². The van der Waals surface area contributed by atoms with Crippen LogP contribution in [-0.4, -0.2) is 53.6 Å². The molecule has 2 aromatic heterocycles. The van der Waals surface area contributed by atoms with E-state index in [4.69, 9.17) is 33.0 Å². The molecule has 4 aromatic rings. The molecule has 1 atom stereocenters. The lowest BCUT2D eigenvalue weighted by Crippen LogP contribution is -2.36. The fourth-order valence-electron chi connectivity index (χ4n) is 4.43. The zero-order valence-electron chi connectivity index (χ0n) is 19.2. The second-order valence-corrected chi connectivity index (χ2v) is 11.6. The molecule has 5 rings (SSSR count). The summed E-state index contributed by atoms with van der Waals surface area (Å²) in [7, 11) is -1.65. The van der Waals surface area contributed by atoms with Gasteiger partial charge in [0.05, 0.1) is 23.8 Å². The van der Waals surface area contributed by atoms with E-state index in [1.165, 1.54) is 7.11 Å². The molecule has 1 amide bonds. The van der Waals surface area contributed by atoms with Crippen LogP contribution in [0.25, 0.3) is 28.0 Å². The lowest BCUT2D eigenvalue weighted by Gasteiger charge is -2.14. The molecule has 36 heavy (non-hydrogen) atoms. The molecule has 1 aliphatic heterocycles. The first-order chi connectivity index (χ1) is 17.3. The van der Waals surface area contributed by atoms with Crippen LogP contribution in [0.15, 0.2) is 54.7 Å². The van der Waals surface area contributed by atoms with Gasteiger partial charge in [-0.25, -0.2) is 17.9 Å². The molecular weight excluding hydrogens is 523 g/mol. The van der Waals surface area contributed by atoms with Gasteiger partial charge < -0.3 is 10.1 Å². The highest BCUT2D eigenvalue weighted by molar-refractivity contribution is 7.91. The summed E-state index contributed by atoms with van der Waals surface area (Å²) >= 11 is 12.7. The molecule has 0 saturated carbocycles. The van der Waals surface area contributed by atoms with Crippen LogP contribution in [0.4, 0.5) is 0 Å². The van der Waals surface area contributed by atoms with Crippen LogP contribution < -0.4 is 5.32 Å². The first kappa shape index (κ1) is 24.7. The average Bonchev–Trinajstić information content (AvgIpc) is 3.38. The first-order valence-electron chi connectivity index (χ1n) is 11.2. The number of halogens is 2. The summed E-state index contributed by atoms with van der Waals surface area (Å²) in [6.07, 6.45) is 2.03. The molecule has 0 unspecified atom stereocenters. The Kier molecular flexibility index (Phi) is 6.74. The Morgan fingerprint density at radius 3 is 2.56 bits per heavy atom. The van der Waals surface area contributed by atoms with E-state index in [0.717, 1.165) is 16.7 Å². The molecule has 0 radical (unpaired) electrons. The molecule has 2 aromatic carbocycles. The normalized spacial score (nSPS) is 16.9. The van der Waals surface area contributed by atoms with Gasteiger partial charge in [-0.1, -0.05) is 53.5 Å². The van der Waals surface area contributed by atoms with Gasteiger partial charge in [0.2, 0.25) is 0 Å². The Morgan fingerprint density at radius 1 is 1.14 bits per heavy atom. The van der Waals surface area contributed by atoms with Crippen molar-refractivity contribution in [1.29, 1.82) is 0 Å². The monoisotopic (exact) mass is 544 g/mol. The standard InChI is InChI=1S/C25H22Cl2N4O4S/c1-35-13-21-22(25(32)29-17-10-11-36(33,34)14-17)24-28-12-19(18-4-2-3-5-20(18)27)23(31(24)30-21)15-6-8-16(26)9-7-15/h2-9,12,17H,10-11,13-14H2,1H3,(H,29,32)/t17-/m1/s1. The highest BCUT2D eigenvalue weighted by Crippen LogP contribution is 2.37. The van der Waals surface area contributed by atoms with Crippen molar-refractivity contribution in [2.24, 2.45) is 0 Å². The molecule has 1 saturated heterocycles. The smallest absolute Gasteiger partial charge is 0.257 e. The summed E-state index contributed by atoms with van der Waals surface area (Å²) in [5.74, 6) is -0.477. The minimum atomic E-state index is -3.16. The molecule has 1 fully saturated rings. The highest BCUT2D eigenvalue weighted by atomic mass is 35.5. The summed E-state index contributed by atoms with van der Waals surface area (Å²) in [6, 6.07) is 14.2. The first-order valence-corrected chi connectivity index (χ1v) is 13.8. The quantitative estimate of drug-likeness (QED) is 0.385. The van der Waals surface area contributed by atoms with Crippen LogP contribution in [0.2, 0.25) is 10.0 Å². The Morgan fingerprint density at radius 2 is 1.89 bits per heavy atom. The second-order valence-electron chi connectivity index (χ2n) is 8.57. The summed E-state index contributed by atoms with van der Waals surface area (Å²) in [6.45, 7) is 0.0660. The molecule has 1 aliphatic rings. The minimum Gasteiger partial charge on any atom is -0.378 e. The van der Waals surface area contributed by atoms with Gasteiger partial charge in [-0.05, 0) is 24.6 Å². The average molecular weight is 545 g/mol. The van der Waals surface area contributed by atoms with E-state index in [1.807, 2.05) is 30.3 Å². The van der Waals surface area contributed by atoms with Gasteiger partial charge >= 0.3 is 0 Å². The maximum Gasteiger partial charge on any atom is 0.257 e. The summed E-state index contributed by atoms with van der Waals surface area (Å²) in [5.41, 5.74) is 3.88. The number of hydrogen-bond donors (Lipinski definition) is 1. The predicted molar refractivity (Wildman–Crippen MR) is 139 cm³/mol. The number of amides is 1. The number of hydrogen-bond acceptors (Lipinski definition) is 6. The van der Waals surface area contributed by atoms with E-state index in [2.05, 4.69) is 10.3 Å². The molecule has 1 N–H and O–H groups in total. The van der Waals surface area contributed by atoms with Gasteiger partial charge in [0.15, 0.2) is 15.5 Å². The number of methoxy groups -OCH3 is 1. The number of carbonyl (C=O) groups excluding carboxylic acids is 1. The number of rotatable bonds is 6. The van der Waals surface area contributed by atoms with Crippen LogP contribution in [-0.2, 0) is 21.2 Å². The van der Waals surface area contributed by atoms with Crippen molar-refractivity contribution >= 4 is 44.6 Å². The van der Waals surface area contributed by atoms with E-state index in [0.29, 0.717) is 33.5 Å². The number of fused-ring (bicyclic) bond motifs is 1. The number of carbonyl (C=O) groups is 1. The summed E-state index contributed by atoms with van der Waals surface area (Å²) in [4.78, 5) is 18.0. The molecule has 186 valence electrons. The van der Waals surface area contributed by atoms with Crippen molar-refractivity contribution in [3.8, 4) is 22.4 Å². The van der Waals surface area contributed by atoms with Gasteiger partial charge in [0, 0.05) is 46.1 Å². The molecule has 0 aliphatic carbocycles. The van der Waals surface area contributed by atoms with E-state index in [1.54, 1.807) is 28.9 Å². The summed E-state index contributed by atoms with van der Waals surface area (Å²) < 4.78 is 30.7. The highest BCUT2D eigenvalue weighted by Gasteiger charge is 2.32. The third-order valence-electron chi connectivity index (χ3n) is 6.07. The van der Waals surface area contributed by atoms with E-state index >= 15 is 0 Å². The molecular formula is C25H22Cl2N4O4S. The van der Waals surface area contributed by atoms with Crippen LogP contribution in [0, 0.1) is 0 Å². The fourth-order valence-corrected chi connectivity index (χ4v) is 6.47. The summed E-state index contributed by atoms with van der Waals surface area (Å²) in [5, 5.41) is 8.68. The number of sulfone groups is 1. The van der Waals surface area contributed by atoms with E-state index in [9.17, 15) is 13.2 Å². The van der Waals surface area contributed by atoms with E-state index in [-0.39, 0.29) is 23.7 Å². The Balaban J connectivity index is 1.71. The Bertz CT molecular complexity index is 1570. The number of nitrogens with one attached hydrogen (secondary N) is 1. The molecule has 0 spiro atoms. The third kappa shape index (κ3) is 4.71. The van der Waals surface area contributed by atoms with Crippen LogP contribution in [0.5, 0.6) is 0 Å². The van der Waals surface area contributed by atoms with Gasteiger partial charge in [0.1, 0.15) is 11.3 Å². The van der Waals surface area contributed by atoms with Crippen molar-refractivity contribution < 1.29 is 17.9 Å². The number of benzene rings is 2. The molecule has 8 nitrogen and oxygen atoms in total. The van der Waals surface area contributed by atoms with E-state index < -0.39 is 21.8 Å². The van der Waals surface area contributed by atoms with Crippen molar-refractivity contribution in [3.63, 3.8) is 0 Å². The predicted octanol–water partition coefficient (Wildman–Crippen LogP) is 4.43. The number of ether oxygens (including phenoxy) is 1. The number of aromatic nitrogens is 3. The van der Waals surface area contributed by atoms with Crippen molar-refractivity contribution in [2.75, 3.05) is 18.6 Å². The Labute approximate surface area is 218 Å². The van der Waals surface area contributed by atoms with Crippen LogP contribution >= 0.6 is 23.2 Å². The zero-order chi connectivity index (χ0) is 25.4. The second kappa shape index (κ2) is 9.82. The largest absolute Gasteiger partial charge is 0.378 e. The molecule has 0 bridgehead atoms. The third-order valence-corrected chi connectivity index (χ3v) is 8.42. The van der Waals surface area contributed by atoms with Gasteiger partial charge in [-0.3, -0.25) is 4.79 Å². The fraction of sp³-hybridized carbons (Fsp3) is 0.240. The number of nitrogens with zero attached hydrogens (tertiary/aromatic N) is 3. The van der Waals surface area contributed by atoms with Gasteiger partial charge in [0.25, 0.3) is 5.91 Å². The lowest BCUT2D eigenvalue weighted by molar-refractivity contribution is 0.0937. The van der Waals surface area contributed by atoms with Crippen molar-refractivity contribution in [1.82, 2.24) is 19.9 Å².